The lowest BCUT2D eigenvalue weighted by atomic mass is 10.0. The number of hydrogen-bond donors (Lipinski definition) is 2. The summed E-state index contributed by atoms with van der Waals surface area (Å²) in [6.07, 6.45) is -5.56. The van der Waals surface area contributed by atoms with Gasteiger partial charge in [0.2, 0.25) is 5.91 Å². The van der Waals surface area contributed by atoms with E-state index in [0.717, 1.165) is 6.07 Å². The second-order valence-corrected chi connectivity index (χ2v) is 10.2. The van der Waals surface area contributed by atoms with Crippen LogP contribution < -0.4 is 20.3 Å². The minimum atomic E-state index is -5.08. The van der Waals surface area contributed by atoms with Crippen molar-refractivity contribution in [3.05, 3.63) is 94.0 Å². The van der Waals surface area contributed by atoms with Gasteiger partial charge in [0.25, 0.3) is 11.8 Å². The Bertz CT molecular complexity index is 1510. The minimum absolute atomic E-state index is 0.0256. The number of benzene rings is 3. The van der Waals surface area contributed by atoms with Gasteiger partial charge < -0.3 is 20.3 Å². The maximum atomic E-state index is 14.5. The van der Waals surface area contributed by atoms with Gasteiger partial charge in [-0.2, -0.15) is 13.2 Å². The molecule has 222 valence electrons. The molecule has 3 aromatic carbocycles. The van der Waals surface area contributed by atoms with E-state index in [0.29, 0.717) is 22.8 Å². The highest BCUT2D eigenvalue weighted by molar-refractivity contribution is 6.30. The standard InChI is InChI=1S/C29H25ClF5N3O4/c1-15(2)38-24-10-7-17(30)12-25(24)42-14-23(28(38)41)37-27(40)22(11-16-5-3-4-6-21(16)32)36-26(39)19-9-8-18(31)13-20(19)29(33,34)35/h3-10,12-13,15,22-23H,11,14H2,1-2H3,(H,36,39)(H,37,40)/t22-,23-/m1/s1. The Morgan fingerprint density at radius 2 is 1.79 bits per heavy atom. The van der Waals surface area contributed by atoms with Crippen LogP contribution in [0.5, 0.6) is 5.75 Å². The summed E-state index contributed by atoms with van der Waals surface area (Å²) in [5, 5.41) is 5.03. The fourth-order valence-corrected chi connectivity index (χ4v) is 4.68. The van der Waals surface area contributed by atoms with Gasteiger partial charge in [0.05, 0.1) is 16.8 Å². The first-order valence-corrected chi connectivity index (χ1v) is 13.1. The number of hydrogen-bond acceptors (Lipinski definition) is 4. The minimum Gasteiger partial charge on any atom is -0.489 e. The molecule has 1 aliphatic rings. The van der Waals surface area contributed by atoms with Crippen LogP contribution in [0.4, 0.5) is 27.6 Å². The number of carbonyl (C=O) groups is 3. The zero-order valence-electron chi connectivity index (χ0n) is 22.3. The third-order valence-electron chi connectivity index (χ3n) is 6.49. The average molecular weight is 610 g/mol. The second-order valence-electron chi connectivity index (χ2n) is 9.80. The van der Waals surface area contributed by atoms with Crippen LogP contribution in [-0.4, -0.2) is 42.5 Å². The molecule has 0 saturated carbocycles. The van der Waals surface area contributed by atoms with Crippen LogP contribution in [0.25, 0.3) is 0 Å². The largest absolute Gasteiger partial charge is 0.489 e. The zero-order valence-corrected chi connectivity index (χ0v) is 23.0. The van der Waals surface area contributed by atoms with Gasteiger partial charge in [-0.05, 0) is 55.8 Å². The average Bonchev–Trinajstić information content (AvgIpc) is 3.04. The molecule has 0 unspecified atom stereocenters. The number of amides is 3. The summed E-state index contributed by atoms with van der Waals surface area (Å²) in [6, 6.07) is 8.13. The van der Waals surface area contributed by atoms with E-state index < -0.39 is 65.2 Å². The number of rotatable bonds is 7. The summed E-state index contributed by atoms with van der Waals surface area (Å²) in [5.74, 6) is -4.57. The number of halogens is 6. The molecule has 1 aliphatic heterocycles. The van der Waals surface area contributed by atoms with Crippen LogP contribution in [-0.2, 0) is 22.2 Å². The van der Waals surface area contributed by atoms with Gasteiger partial charge in [0, 0.05) is 23.6 Å². The Morgan fingerprint density at radius 1 is 1.07 bits per heavy atom. The molecule has 3 amide bonds. The molecule has 3 aromatic rings. The molecule has 0 aromatic heterocycles. The van der Waals surface area contributed by atoms with E-state index in [1.54, 1.807) is 26.0 Å². The van der Waals surface area contributed by atoms with E-state index in [2.05, 4.69) is 10.6 Å². The monoisotopic (exact) mass is 609 g/mol. The summed E-state index contributed by atoms with van der Waals surface area (Å²) in [4.78, 5) is 41.5. The van der Waals surface area contributed by atoms with Crippen molar-refractivity contribution in [3.63, 3.8) is 0 Å². The van der Waals surface area contributed by atoms with Crippen molar-refractivity contribution in [2.45, 2.75) is 44.6 Å². The van der Waals surface area contributed by atoms with Crippen LogP contribution in [0.1, 0.15) is 35.3 Å². The summed E-state index contributed by atoms with van der Waals surface area (Å²) < 4.78 is 74.6. The summed E-state index contributed by atoms with van der Waals surface area (Å²) in [6.45, 7) is 3.14. The number of ether oxygens (including phenoxy) is 1. The summed E-state index contributed by atoms with van der Waals surface area (Å²) in [5.41, 5.74) is -2.12. The van der Waals surface area contributed by atoms with Gasteiger partial charge in [0.1, 0.15) is 36.1 Å². The molecule has 0 bridgehead atoms. The van der Waals surface area contributed by atoms with Crippen LogP contribution in [0.2, 0.25) is 5.02 Å². The Balaban J connectivity index is 1.64. The molecule has 1 heterocycles. The van der Waals surface area contributed by atoms with Crippen molar-refractivity contribution < 1.29 is 41.1 Å². The molecule has 0 aliphatic carbocycles. The van der Waals surface area contributed by atoms with Crippen molar-refractivity contribution >= 4 is 35.0 Å². The smallest absolute Gasteiger partial charge is 0.417 e. The number of nitrogens with one attached hydrogen (secondary N) is 2. The van der Waals surface area contributed by atoms with Gasteiger partial charge in [-0.3, -0.25) is 14.4 Å². The molecule has 0 radical (unpaired) electrons. The van der Waals surface area contributed by atoms with Crippen LogP contribution >= 0.6 is 11.6 Å². The molecule has 2 atom stereocenters. The molecule has 0 fully saturated rings. The lowest BCUT2D eigenvalue weighted by Crippen LogP contribution is -2.57. The highest BCUT2D eigenvalue weighted by Gasteiger charge is 2.38. The molecule has 4 rings (SSSR count). The molecule has 0 saturated heterocycles. The van der Waals surface area contributed by atoms with Crippen molar-refractivity contribution in [2.24, 2.45) is 0 Å². The first-order chi connectivity index (χ1) is 19.8. The SMILES string of the molecule is CC(C)N1C(=O)[C@H](NC(=O)[C@@H](Cc2ccccc2F)NC(=O)c2ccc(F)cc2C(F)(F)F)COc2cc(Cl)ccc21. The number of fused-ring (bicyclic) bond motifs is 1. The number of anilines is 1. The molecule has 13 heteroatoms. The Hall–Kier alpha value is -4.19. The molecular formula is C29H25ClF5N3O4. The Kier molecular flexibility index (Phi) is 9.05. The van der Waals surface area contributed by atoms with Crippen LogP contribution in [0.15, 0.2) is 60.7 Å². The summed E-state index contributed by atoms with van der Waals surface area (Å²) in [7, 11) is 0. The highest BCUT2D eigenvalue weighted by atomic mass is 35.5. The topological polar surface area (TPSA) is 87.7 Å². The third kappa shape index (κ3) is 6.81. The van der Waals surface area contributed by atoms with Crippen LogP contribution in [0, 0.1) is 11.6 Å². The molecule has 42 heavy (non-hydrogen) atoms. The van der Waals surface area contributed by atoms with E-state index in [1.807, 2.05) is 0 Å². The van der Waals surface area contributed by atoms with E-state index in [-0.39, 0.29) is 30.0 Å². The lowest BCUT2D eigenvalue weighted by Gasteiger charge is -2.29. The normalized spacial score (nSPS) is 15.9. The highest BCUT2D eigenvalue weighted by Crippen LogP contribution is 2.35. The van der Waals surface area contributed by atoms with Gasteiger partial charge >= 0.3 is 6.18 Å². The van der Waals surface area contributed by atoms with Gasteiger partial charge in [0.15, 0.2) is 0 Å². The fraction of sp³-hybridized carbons (Fsp3) is 0.276. The van der Waals surface area contributed by atoms with Crippen LogP contribution in [0.3, 0.4) is 0 Å². The van der Waals surface area contributed by atoms with Gasteiger partial charge in [-0.1, -0.05) is 29.8 Å². The Morgan fingerprint density at radius 3 is 2.45 bits per heavy atom. The third-order valence-corrected chi connectivity index (χ3v) is 6.73. The van der Waals surface area contributed by atoms with Crippen molar-refractivity contribution in [3.8, 4) is 5.75 Å². The molecule has 7 nitrogen and oxygen atoms in total. The summed E-state index contributed by atoms with van der Waals surface area (Å²) >= 11 is 6.08. The molecule has 2 N–H and O–H groups in total. The Labute approximate surface area is 242 Å². The van der Waals surface area contributed by atoms with E-state index in [1.165, 1.54) is 29.2 Å². The number of nitrogens with zero attached hydrogens (tertiary/aromatic N) is 1. The second kappa shape index (κ2) is 12.4. The van der Waals surface area contributed by atoms with E-state index in [9.17, 15) is 36.3 Å². The van der Waals surface area contributed by atoms with Crippen molar-refractivity contribution in [1.82, 2.24) is 10.6 Å². The van der Waals surface area contributed by atoms with Crippen molar-refractivity contribution in [2.75, 3.05) is 11.5 Å². The number of alkyl halides is 3. The first-order valence-electron chi connectivity index (χ1n) is 12.7. The molecular weight excluding hydrogens is 585 g/mol. The first kappa shape index (κ1) is 30.8. The van der Waals surface area contributed by atoms with E-state index >= 15 is 0 Å². The maximum absolute atomic E-state index is 14.5. The zero-order chi connectivity index (χ0) is 30.8. The molecule has 0 spiro atoms. The quantitative estimate of drug-likeness (QED) is 0.356. The van der Waals surface area contributed by atoms with E-state index in [4.69, 9.17) is 16.3 Å². The van der Waals surface area contributed by atoms with Gasteiger partial charge in [-0.15, -0.1) is 0 Å². The number of carbonyl (C=O) groups excluding carboxylic acids is 3. The fourth-order valence-electron chi connectivity index (χ4n) is 4.52. The predicted molar refractivity (Wildman–Crippen MR) is 144 cm³/mol. The predicted octanol–water partition coefficient (Wildman–Crippen LogP) is 5.30. The maximum Gasteiger partial charge on any atom is 0.417 e. The van der Waals surface area contributed by atoms with Gasteiger partial charge in [-0.25, -0.2) is 8.78 Å². The lowest BCUT2D eigenvalue weighted by molar-refractivity contribution is -0.138. The van der Waals surface area contributed by atoms with Crippen molar-refractivity contribution in [1.29, 1.82) is 0 Å².